The molecule has 0 aliphatic carbocycles. The smallest absolute Gasteiger partial charge is 0.212 e. The highest BCUT2D eigenvalue weighted by molar-refractivity contribution is 7.89. The molecule has 0 aromatic rings. The number of halogens is 1. The van der Waals surface area contributed by atoms with Gasteiger partial charge in [0.05, 0.1) is 11.9 Å². The predicted molar refractivity (Wildman–Crippen MR) is 44.2 cm³/mol. The van der Waals surface area contributed by atoms with Crippen LogP contribution in [0.2, 0.25) is 0 Å². The van der Waals surface area contributed by atoms with Gasteiger partial charge in [0.15, 0.2) is 0 Å². The van der Waals surface area contributed by atoms with E-state index in [9.17, 15) is 8.42 Å². The monoisotopic (exact) mass is 201 g/mol. The highest BCUT2D eigenvalue weighted by Crippen LogP contribution is 1.87. The van der Waals surface area contributed by atoms with Crippen molar-refractivity contribution in [2.24, 2.45) is 0 Å². The predicted octanol–water partition coefficient (Wildman–Crippen LogP) is -0.475. The lowest BCUT2D eigenvalue weighted by molar-refractivity contribution is 0.198. The van der Waals surface area contributed by atoms with E-state index < -0.39 is 16.1 Å². The Hall–Kier alpha value is 0.160. The molecule has 0 radical (unpaired) electrons. The fourth-order valence-corrected chi connectivity index (χ4v) is 1.87. The summed E-state index contributed by atoms with van der Waals surface area (Å²) in [6.07, 6.45) is -0.667. The van der Waals surface area contributed by atoms with Crippen LogP contribution >= 0.6 is 11.6 Å². The Balaban J connectivity index is 3.74. The zero-order valence-electron chi connectivity index (χ0n) is 6.25. The Labute approximate surface area is 71.6 Å². The van der Waals surface area contributed by atoms with Crippen molar-refractivity contribution >= 4 is 21.6 Å². The lowest BCUT2D eigenvalue weighted by atomic mass is 10.4. The number of rotatable bonds is 5. The Morgan fingerprint density at radius 2 is 2.18 bits per heavy atom. The normalized spacial score (nSPS) is 14.8. The molecule has 0 aliphatic heterocycles. The second-order valence-corrected chi connectivity index (χ2v) is 4.51. The molecule has 0 saturated carbocycles. The molecule has 4 nitrogen and oxygen atoms in total. The highest BCUT2D eigenvalue weighted by Gasteiger charge is 2.08. The third kappa shape index (κ3) is 6.55. The molecular weight excluding hydrogens is 190 g/mol. The van der Waals surface area contributed by atoms with Crippen LogP contribution in [-0.4, -0.2) is 37.8 Å². The number of aliphatic hydroxyl groups is 1. The second-order valence-electron chi connectivity index (χ2n) is 2.21. The Kier molecular flexibility index (Phi) is 4.99. The van der Waals surface area contributed by atoms with Crippen LogP contribution in [0.3, 0.4) is 0 Å². The van der Waals surface area contributed by atoms with Crippen molar-refractivity contribution in [3.8, 4) is 0 Å². The van der Waals surface area contributed by atoms with Gasteiger partial charge in [0, 0.05) is 12.4 Å². The Morgan fingerprint density at radius 1 is 1.64 bits per heavy atom. The fourth-order valence-electron chi connectivity index (χ4n) is 0.421. The quantitative estimate of drug-likeness (QED) is 0.591. The number of hydrogen-bond acceptors (Lipinski definition) is 3. The molecule has 6 heteroatoms. The first-order chi connectivity index (χ1) is 4.98. The maximum absolute atomic E-state index is 10.8. The summed E-state index contributed by atoms with van der Waals surface area (Å²) in [6, 6.07) is 0. The molecule has 0 amide bonds. The van der Waals surface area contributed by atoms with Crippen molar-refractivity contribution in [2.75, 3.05) is 18.2 Å². The van der Waals surface area contributed by atoms with E-state index in [4.69, 9.17) is 16.7 Å². The minimum atomic E-state index is -3.27. The highest BCUT2D eigenvalue weighted by atomic mass is 35.5. The first-order valence-corrected chi connectivity index (χ1v) is 5.38. The van der Waals surface area contributed by atoms with Crippen molar-refractivity contribution in [2.45, 2.75) is 13.0 Å². The number of hydrogen-bond donors (Lipinski definition) is 2. The molecule has 11 heavy (non-hydrogen) atoms. The van der Waals surface area contributed by atoms with Crippen LogP contribution in [0, 0.1) is 0 Å². The van der Waals surface area contributed by atoms with Gasteiger partial charge in [-0.3, -0.25) is 0 Å². The van der Waals surface area contributed by atoms with Crippen LogP contribution in [0.25, 0.3) is 0 Å². The first-order valence-electron chi connectivity index (χ1n) is 3.19. The number of sulfonamides is 1. The molecule has 0 rings (SSSR count). The molecule has 0 saturated heterocycles. The van der Waals surface area contributed by atoms with Crippen LogP contribution < -0.4 is 4.72 Å². The summed E-state index contributed by atoms with van der Waals surface area (Å²) in [5, 5.41) is 8.72. The van der Waals surface area contributed by atoms with Gasteiger partial charge in [-0.25, -0.2) is 13.1 Å². The van der Waals surface area contributed by atoms with E-state index in [1.807, 2.05) is 0 Å². The summed E-state index contributed by atoms with van der Waals surface area (Å²) >= 11 is 5.22. The molecule has 68 valence electrons. The van der Waals surface area contributed by atoms with E-state index in [1.165, 1.54) is 6.92 Å². The standard InChI is InChI=1S/C5H12ClNO3S/c1-5(8)4-7-11(9,10)3-2-6/h5,7-8H,2-4H2,1H3/t5-/m1/s1. The Bertz CT molecular complexity index is 190. The fraction of sp³-hybridized carbons (Fsp3) is 1.00. The third-order valence-corrected chi connectivity index (χ3v) is 2.71. The van der Waals surface area contributed by atoms with Gasteiger partial charge in [-0.1, -0.05) is 0 Å². The van der Waals surface area contributed by atoms with E-state index >= 15 is 0 Å². The van der Waals surface area contributed by atoms with Crippen molar-refractivity contribution in [1.82, 2.24) is 4.72 Å². The van der Waals surface area contributed by atoms with Gasteiger partial charge >= 0.3 is 0 Å². The topological polar surface area (TPSA) is 66.4 Å². The van der Waals surface area contributed by atoms with Crippen molar-refractivity contribution in [3.05, 3.63) is 0 Å². The molecule has 0 aliphatic rings. The maximum Gasteiger partial charge on any atom is 0.212 e. The molecule has 2 N–H and O–H groups in total. The summed E-state index contributed by atoms with van der Waals surface area (Å²) in [7, 11) is -3.27. The Morgan fingerprint density at radius 3 is 2.55 bits per heavy atom. The lowest BCUT2D eigenvalue weighted by Crippen LogP contribution is -2.32. The molecule has 0 spiro atoms. The summed E-state index contributed by atoms with van der Waals surface area (Å²) in [4.78, 5) is 0. The van der Waals surface area contributed by atoms with E-state index in [1.54, 1.807) is 0 Å². The summed E-state index contributed by atoms with van der Waals surface area (Å²) in [5.74, 6) is -0.0452. The molecular formula is C5H12ClNO3S. The molecule has 0 unspecified atom stereocenters. The summed E-state index contributed by atoms with van der Waals surface area (Å²) in [5.41, 5.74) is 0. The van der Waals surface area contributed by atoms with E-state index in [0.29, 0.717) is 0 Å². The van der Waals surface area contributed by atoms with Crippen LogP contribution in [-0.2, 0) is 10.0 Å². The number of aliphatic hydroxyl groups excluding tert-OH is 1. The minimum absolute atomic E-state index is 0.0409. The number of nitrogens with one attached hydrogen (secondary N) is 1. The molecule has 0 heterocycles. The van der Waals surface area contributed by atoms with Crippen LogP contribution in [0.15, 0.2) is 0 Å². The molecule has 0 bridgehead atoms. The van der Waals surface area contributed by atoms with Crippen molar-refractivity contribution in [1.29, 1.82) is 0 Å². The van der Waals surface area contributed by atoms with Gasteiger partial charge in [0.25, 0.3) is 0 Å². The van der Waals surface area contributed by atoms with Gasteiger partial charge in [-0.05, 0) is 6.92 Å². The van der Waals surface area contributed by atoms with Gasteiger partial charge in [0.2, 0.25) is 10.0 Å². The van der Waals surface area contributed by atoms with Gasteiger partial charge in [0.1, 0.15) is 0 Å². The average Bonchev–Trinajstić information content (AvgIpc) is 1.84. The third-order valence-electron chi connectivity index (χ3n) is 0.945. The zero-order chi connectivity index (χ0) is 8.91. The van der Waals surface area contributed by atoms with E-state index in [-0.39, 0.29) is 18.2 Å². The van der Waals surface area contributed by atoms with Crippen molar-refractivity contribution in [3.63, 3.8) is 0 Å². The van der Waals surface area contributed by atoms with E-state index in [0.717, 1.165) is 0 Å². The van der Waals surface area contributed by atoms with Crippen LogP contribution in [0.5, 0.6) is 0 Å². The van der Waals surface area contributed by atoms with Crippen LogP contribution in [0.4, 0.5) is 0 Å². The minimum Gasteiger partial charge on any atom is -0.392 e. The maximum atomic E-state index is 10.8. The molecule has 1 atom stereocenters. The average molecular weight is 202 g/mol. The zero-order valence-corrected chi connectivity index (χ0v) is 7.82. The number of alkyl halides is 1. The van der Waals surface area contributed by atoms with Gasteiger partial charge in [-0.2, -0.15) is 0 Å². The van der Waals surface area contributed by atoms with Gasteiger partial charge < -0.3 is 5.11 Å². The first kappa shape index (κ1) is 11.2. The molecule has 0 aromatic heterocycles. The molecule has 0 fully saturated rings. The largest absolute Gasteiger partial charge is 0.392 e. The SMILES string of the molecule is C[C@@H](O)CNS(=O)(=O)CCCl. The van der Waals surface area contributed by atoms with Crippen LogP contribution in [0.1, 0.15) is 6.92 Å². The summed E-state index contributed by atoms with van der Waals surface area (Å²) < 4.78 is 23.9. The second kappa shape index (κ2) is 4.92. The molecule has 0 aromatic carbocycles. The van der Waals surface area contributed by atoms with Gasteiger partial charge in [-0.15, -0.1) is 11.6 Å². The van der Waals surface area contributed by atoms with Crippen molar-refractivity contribution < 1.29 is 13.5 Å². The lowest BCUT2D eigenvalue weighted by Gasteiger charge is -2.05. The van der Waals surface area contributed by atoms with E-state index in [2.05, 4.69) is 4.72 Å². The summed E-state index contributed by atoms with van der Waals surface area (Å²) in [6.45, 7) is 1.54.